The standard InChI is InChI=1S/C29H43N3O4S/c1-5-7-16-29(6-2)20-37(35,36)25-15-14-23(32(3)4)19-24(25)27(28(29)34)21-11-10-12-22(18-21)31-26(33)13-8-9-17-30/h10-12,14-15,18-19,27-28,34H,5-9,13,16-17,20,30H2,1-4H3,(H,31,33)/t27?,28?,29-/m1/s1. The zero-order valence-electron chi connectivity index (χ0n) is 22.7. The van der Waals surface area contributed by atoms with Crippen LogP contribution < -0.4 is 16.0 Å². The Labute approximate surface area is 222 Å². The quantitative estimate of drug-likeness (QED) is 0.364. The van der Waals surface area contributed by atoms with Gasteiger partial charge in [0.2, 0.25) is 5.91 Å². The van der Waals surface area contributed by atoms with E-state index in [0.717, 1.165) is 36.9 Å². The van der Waals surface area contributed by atoms with E-state index >= 15 is 0 Å². The van der Waals surface area contributed by atoms with E-state index in [0.29, 0.717) is 37.1 Å². The average molecular weight is 530 g/mol. The maximum atomic E-state index is 13.8. The molecule has 0 radical (unpaired) electrons. The predicted octanol–water partition coefficient (Wildman–Crippen LogP) is 4.69. The molecular weight excluding hydrogens is 486 g/mol. The summed E-state index contributed by atoms with van der Waals surface area (Å²) in [5, 5.41) is 15.0. The molecule has 37 heavy (non-hydrogen) atoms. The second-order valence-electron chi connectivity index (χ2n) is 10.5. The Bertz CT molecular complexity index is 1180. The van der Waals surface area contributed by atoms with Gasteiger partial charge in [-0.25, -0.2) is 8.42 Å². The number of nitrogens with two attached hydrogens (primary N) is 1. The van der Waals surface area contributed by atoms with E-state index in [1.165, 1.54) is 0 Å². The molecular formula is C29H43N3O4S. The topological polar surface area (TPSA) is 113 Å². The minimum Gasteiger partial charge on any atom is -0.392 e. The lowest BCUT2D eigenvalue weighted by molar-refractivity contribution is -0.116. The predicted molar refractivity (Wildman–Crippen MR) is 151 cm³/mol. The molecule has 2 aromatic rings. The highest BCUT2D eigenvalue weighted by molar-refractivity contribution is 7.91. The van der Waals surface area contributed by atoms with Crippen molar-refractivity contribution in [2.75, 3.05) is 36.6 Å². The number of hydrogen-bond acceptors (Lipinski definition) is 6. The molecule has 1 aliphatic rings. The van der Waals surface area contributed by atoms with Crippen LogP contribution in [0.3, 0.4) is 0 Å². The van der Waals surface area contributed by atoms with E-state index in [-0.39, 0.29) is 16.6 Å². The van der Waals surface area contributed by atoms with Gasteiger partial charge in [0.15, 0.2) is 9.84 Å². The number of amides is 1. The summed E-state index contributed by atoms with van der Waals surface area (Å²) < 4.78 is 27.6. The summed E-state index contributed by atoms with van der Waals surface area (Å²) >= 11 is 0. The Morgan fingerprint density at radius 3 is 2.54 bits per heavy atom. The molecule has 4 N–H and O–H groups in total. The Kier molecular flexibility index (Phi) is 9.78. The van der Waals surface area contributed by atoms with Gasteiger partial charge < -0.3 is 21.1 Å². The maximum absolute atomic E-state index is 13.8. The molecule has 7 nitrogen and oxygen atoms in total. The monoisotopic (exact) mass is 529 g/mol. The van der Waals surface area contributed by atoms with Crippen molar-refractivity contribution in [1.29, 1.82) is 0 Å². The number of hydrogen-bond donors (Lipinski definition) is 3. The minimum absolute atomic E-state index is 0.0833. The SMILES string of the molecule is CCCC[C@]1(CC)CS(=O)(=O)c2ccc(N(C)C)cc2C(c2cccc(NC(=O)CCCCN)c2)C1O. The van der Waals surface area contributed by atoms with Crippen molar-refractivity contribution in [2.45, 2.75) is 75.7 Å². The van der Waals surface area contributed by atoms with Crippen LogP contribution in [0, 0.1) is 5.41 Å². The molecule has 0 aromatic heterocycles. The van der Waals surface area contributed by atoms with E-state index in [2.05, 4.69) is 12.2 Å². The lowest BCUT2D eigenvalue weighted by Gasteiger charge is -2.39. The molecule has 204 valence electrons. The normalized spacial score (nSPS) is 22.6. The van der Waals surface area contributed by atoms with Gasteiger partial charge in [0.1, 0.15) is 0 Å². The first kappa shape index (κ1) is 29.1. The van der Waals surface area contributed by atoms with Crippen LogP contribution in [-0.2, 0) is 14.6 Å². The number of unbranched alkanes of at least 4 members (excludes halogenated alkanes) is 2. The summed E-state index contributed by atoms with van der Waals surface area (Å²) in [5.41, 5.74) is 7.67. The zero-order chi connectivity index (χ0) is 27.2. The van der Waals surface area contributed by atoms with Crippen LogP contribution in [0.2, 0.25) is 0 Å². The lowest BCUT2D eigenvalue weighted by Crippen LogP contribution is -2.42. The smallest absolute Gasteiger partial charge is 0.224 e. The largest absolute Gasteiger partial charge is 0.392 e. The van der Waals surface area contributed by atoms with E-state index in [4.69, 9.17) is 5.73 Å². The molecule has 0 aliphatic carbocycles. The molecule has 0 fully saturated rings. The lowest BCUT2D eigenvalue weighted by atomic mass is 9.69. The van der Waals surface area contributed by atoms with Gasteiger partial charge in [0.25, 0.3) is 0 Å². The first-order valence-corrected chi connectivity index (χ1v) is 15.1. The van der Waals surface area contributed by atoms with Gasteiger partial charge in [-0.2, -0.15) is 0 Å². The fraction of sp³-hybridized carbons (Fsp3) is 0.552. The molecule has 3 atom stereocenters. The number of nitrogens with zero attached hydrogens (tertiary/aromatic N) is 1. The molecule has 0 bridgehead atoms. The molecule has 1 aliphatic heterocycles. The highest BCUT2D eigenvalue weighted by Gasteiger charge is 2.49. The molecule has 0 spiro atoms. The van der Waals surface area contributed by atoms with E-state index in [1.54, 1.807) is 6.07 Å². The third-order valence-corrected chi connectivity index (χ3v) is 9.72. The van der Waals surface area contributed by atoms with Gasteiger partial charge in [-0.15, -0.1) is 0 Å². The molecule has 1 heterocycles. The van der Waals surface area contributed by atoms with Gasteiger partial charge in [-0.1, -0.05) is 38.8 Å². The highest BCUT2D eigenvalue weighted by atomic mass is 32.2. The Balaban J connectivity index is 2.16. The van der Waals surface area contributed by atoms with E-state index in [9.17, 15) is 18.3 Å². The van der Waals surface area contributed by atoms with Crippen molar-refractivity contribution in [3.63, 3.8) is 0 Å². The van der Waals surface area contributed by atoms with E-state index in [1.807, 2.05) is 62.3 Å². The van der Waals surface area contributed by atoms with Crippen molar-refractivity contribution in [3.05, 3.63) is 53.6 Å². The summed E-state index contributed by atoms with van der Waals surface area (Å²) in [4.78, 5) is 14.7. The third kappa shape index (κ3) is 6.54. The fourth-order valence-corrected chi connectivity index (χ4v) is 7.72. The van der Waals surface area contributed by atoms with Crippen molar-refractivity contribution in [3.8, 4) is 0 Å². The Morgan fingerprint density at radius 1 is 1.14 bits per heavy atom. The summed E-state index contributed by atoms with van der Waals surface area (Å²) in [5.74, 6) is -0.728. The fourth-order valence-electron chi connectivity index (χ4n) is 5.47. The molecule has 2 aromatic carbocycles. The minimum atomic E-state index is -3.65. The van der Waals surface area contributed by atoms with Crippen LogP contribution >= 0.6 is 0 Å². The van der Waals surface area contributed by atoms with Crippen molar-refractivity contribution in [2.24, 2.45) is 11.1 Å². The number of benzene rings is 2. The number of sulfone groups is 1. The van der Waals surface area contributed by atoms with Crippen LogP contribution in [0.5, 0.6) is 0 Å². The molecule has 0 saturated carbocycles. The molecule has 1 amide bonds. The molecule has 2 unspecified atom stereocenters. The summed E-state index contributed by atoms with van der Waals surface area (Å²) in [7, 11) is 0.182. The second kappa shape index (κ2) is 12.4. The average Bonchev–Trinajstić information content (AvgIpc) is 2.93. The van der Waals surface area contributed by atoms with Crippen LogP contribution in [0.25, 0.3) is 0 Å². The number of carbonyl (C=O) groups is 1. The maximum Gasteiger partial charge on any atom is 0.224 e. The van der Waals surface area contributed by atoms with Crippen molar-refractivity contribution >= 4 is 27.1 Å². The van der Waals surface area contributed by atoms with Gasteiger partial charge in [0.05, 0.1) is 16.8 Å². The van der Waals surface area contributed by atoms with Crippen LogP contribution in [0.4, 0.5) is 11.4 Å². The van der Waals surface area contributed by atoms with Gasteiger partial charge in [-0.3, -0.25) is 4.79 Å². The summed E-state index contributed by atoms with van der Waals surface area (Å²) in [6, 6.07) is 12.9. The number of aliphatic hydroxyl groups excluding tert-OH is 1. The number of fused-ring (bicyclic) bond motifs is 1. The first-order valence-electron chi connectivity index (χ1n) is 13.4. The molecule has 0 saturated heterocycles. The number of aliphatic hydroxyl groups is 1. The van der Waals surface area contributed by atoms with Gasteiger partial charge in [-0.05, 0) is 73.7 Å². The summed E-state index contributed by atoms with van der Waals surface area (Å²) in [6.45, 7) is 4.61. The highest BCUT2D eigenvalue weighted by Crippen LogP contribution is 2.49. The molecule has 8 heteroatoms. The Hall–Kier alpha value is -2.42. The number of nitrogens with one attached hydrogen (secondary N) is 1. The van der Waals surface area contributed by atoms with Crippen LogP contribution in [0.1, 0.15) is 75.8 Å². The number of carbonyl (C=O) groups excluding carboxylic acids is 1. The number of anilines is 2. The Morgan fingerprint density at radius 2 is 1.89 bits per heavy atom. The van der Waals surface area contributed by atoms with E-state index < -0.39 is 27.3 Å². The summed E-state index contributed by atoms with van der Waals surface area (Å²) in [6.07, 6.45) is 3.92. The van der Waals surface area contributed by atoms with Crippen LogP contribution in [-0.4, -0.2) is 51.9 Å². The second-order valence-corrected chi connectivity index (χ2v) is 12.5. The number of rotatable bonds is 11. The van der Waals surface area contributed by atoms with Gasteiger partial charge >= 0.3 is 0 Å². The van der Waals surface area contributed by atoms with Crippen LogP contribution in [0.15, 0.2) is 47.4 Å². The van der Waals surface area contributed by atoms with Crippen molar-refractivity contribution < 1.29 is 18.3 Å². The third-order valence-electron chi connectivity index (χ3n) is 7.72. The van der Waals surface area contributed by atoms with Crippen molar-refractivity contribution in [1.82, 2.24) is 0 Å². The zero-order valence-corrected chi connectivity index (χ0v) is 23.5. The molecule has 3 rings (SSSR count). The first-order chi connectivity index (χ1) is 17.6. The van der Waals surface area contributed by atoms with Gasteiger partial charge in [0, 0.05) is 43.2 Å².